The highest BCUT2D eigenvalue weighted by Crippen LogP contribution is 2.24. The molecule has 1 saturated heterocycles. The fourth-order valence-corrected chi connectivity index (χ4v) is 3.62. The summed E-state index contributed by atoms with van der Waals surface area (Å²) in [4.78, 5) is 14.5. The molecular formula is C23H26N4O2. The van der Waals surface area contributed by atoms with Crippen molar-refractivity contribution < 1.29 is 9.53 Å². The zero-order valence-corrected chi connectivity index (χ0v) is 16.6. The molecule has 0 aliphatic carbocycles. The smallest absolute Gasteiger partial charge is 0.258 e. The average molecular weight is 390 g/mol. The van der Waals surface area contributed by atoms with Gasteiger partial charge in [-0.15, -0.1) is 0 Å². The van der Waals surface area contributed by atoms with E-state index in [1.807, 2.05) is 49.4 Å². The molecule has 2 N–H and O–H groups in total. The number of aromatic nitrogens is 2. The number of rotatable bonds is 6. The normalized spacial score (nSPS) is 14.6. The van der Waals surface area contributed by atoms with Crippen LogP contribution in [0.5, 0.6) is 5.75 Å². The van der Waals surface area contributed by atoms with Crippen LogP contribution in [-0.2, 0) is 4.79 Å². The van der Waals surface area contributed by atoms with Crippen molar-refractivity contribution >= 4 is 11.7 Å². The number of carbonyl (C=O) groups excluding carboxylic acids is 1. The second kappa shape index (κ2) is 8.82. The van der Waals surface area contributed by atoms with Crippen molar-refractivity contribution in [2.24, 2.45) is 0 Å². The molecule has 6 nitrogen and oxygen atoms in total. The first-order chi connectivity index (χ1) is 14.2. The molecule has 6 heteroatoms. The third-order valence-electron chi connectivity index (χ3n) is 5.19. The van der Waals surface area contributed by atoms with E-state index in [1.54, 1.807) is 0 Å². The average Bonchev–Trinajstić information content (AvgIpc) is 3.24. The molecule has 1 aliphatic rings. The Bertz CT molecular complexity index is 946. The molecule has 1 amide bonds. The Morgan fingerprint density at radius 1 is 1.14 bits per heavy atom. The molecular weight excluding hydrogens is 364 g/mol. The fraction of sp³-hybridized carbons (Fsp3) is 0.304. The first kappa shape index (κ1) is 19.1. The number of ether oxygens (including phenoxy) is 1. The Balaban J connectivity index is 1.24. The SMILES string of the molecule is Cc1cccc(OCC(=O)NC2CCN(c3cc(-c4ccccc4)[nH]n3)CC2)c1. The summed E-state index contributed by atoms with van der Waals surface area (Å²) in [7, 11) is 0. The molecule has 1 aromatic heterocycles. The number of piperidine rings is 1. The minimum atomic E-state index is -0.0731. The lowest BCUT2D eigenvalue weighted by Crippen LogP contribution is -2.46. The lowest BCUT2D eigenvalue weighted by Gasteiger charge is -2.32. The molecule has 3 aromatic rings. The number of hydrogen-bond donors (Lipinski definition) is 2. The second-order valence-corrected chi connectivity index (χ2v) is 7.44. The summed E-state index contributed by atoms with van der Waals surface area (Å²) in [5.74, 6) is 1.61. The maximum atomic E-state index is 12.2. The first-order valence-corrected chi connectivity index (χ1v) is 10.0. The zero-order valence-electron chi connectivity index (χ0n) is 16.6. The van der Waals surface area contributed by atoms with E-state index in [4.69, 9.17) is 4.74 Å². The maximum absolute atomic E-state index is 12.2. The van der Waals surface area contributed by atoms with E-state index >= 15 is 0 Å². The summed E-state index contributed by atoms with van der Waals surface area (Å²) in [5.41, 5.74) is 3.26. The molecule has 0 spiro atoms. The number of aryl methyl sites for hydroxylation is 1. The van der Waals surface area contributed by atoms with Gasteiger partial charge in [0.2, 0.25) is 0 Å². The van der Waals surface area contributed by atoms with Gasteiger partial charge < -0.3 is 15.0 Å². The molecule has 0 radical (unpaired) electrons. The van der Waals surface area contributed by atoms with Gasteiger partial charge in [-0.2, -0.15) is 5.10 Å². The predicted octanol–water partition coefficient (Wildman–Crippen LogP) is 3.55. The van der Waals surface area contributed by atoms with E-state index in [-0.39, 0.29) is 18.6 Å². The van der Waals surface area contributed by atoms with Crippen molar-refractivity contribution in [3.05, 3.63) is 66.2 Å². The highest BCUT2D eigenvalue weighted by Gasteiger charge is 2.22. The van der Waals surface area contributed by atoms with Gasteiger partial charge in [-0.05, 0) is 43.0 Å². The maximum Gasteiger partial charge on any atom is 0.258 e. The largest absolute Gasteiger partial charge is 0.484 e. The number of hydrogen-bond acceptors (Lipinski definition) is 4. The van der Waals surface area contributed by atoms with E-state index in [0.717, 1.165) is 54.3 Å². The Morgan fingerprint density at radius 3 is 2.69 bits per heavy atom. The quantitative estimate of drug-likeness (QED) is 0.675. The molecule has 1 fully saturated rings. The van der Waals surface area contributed by atoms with Crippen LogP contribution in [0.2, 0.25) is 0 Å². The Hall–Kier alpha value is -3.28. The third-order valence-corrected chi connectivity index (χ3v) is 5.19. The van der Waals surface area contributed by atoms with Gasteiger partial charge in [0.25, 0.3) is 5.91 Å². The fourth-order valence-electron chi connectivity index (χ4n) is 3.62. The summed E-state index contributed by atoms with van der Waals surface area (Å²) >= 11 is 0. The number of nitrogens with zero attached hydrogens (tertiary/aromatic N) is 2. The van der Waals surface area contributed by atoms with E-state index in [9.17, 15) is 4.79 Å². The minimum absolute atomic E-state index is 0.0451. The van der Waals surface area contributed by atoms with Crippen LogP contribution in [0.1, 0.15) is 18.4 Å². The monoisotopic (exact) mass is 390 g/mol. The van der Waals surface area contributed by atoms with Crippen LogP contribution < -0.4 is 15.0 Å². The first-order valence-electron chi connectivity index (χ1n) is 10.0. The van der Waals surface area contributed by atoms with Crippen molar-refractivity contribution in [2.45, 2.75) is 25.8 Å². The molecule has 0 bridgehead atoms. The number of benzene rings is 2. The standard InChI is InChI=1S/C23H26N4O2/c1-17-6-5-9-20(14-17)29-16-23(28)24-19-10-12-27(13-11-19)22-15-21(25-26-22)18-7-3-2-4-8-18/h2-9,14-15,19H,10-13,16H2,1H3,(H,24,28)(H,25,26). The van der Waals surface area contributed by atoms with Gasteiger partial charge in [-0.3, -0.25) is 9.89 Å². The zero-order chi connectivity index (χ0) is 20.1. The second-order valence-electron chi connectivity index (χ2n) is 7.44. The van der Waals surface area contributed by atoms with Crippen molar-refractivity contribution in [1.29, 1.82) is 0 Å². The summed E-state index contributed by atoms with van der Waals surface area (Å²) in [6.07, 6.45) is 1.79. The Morgan fingerprint density at radius 2 is 1.93 bits per heavy atom. The number of nitrogens with one attached hydrogen (secondary N) is 2. The van der Waals surface area contributed by atoms with Crippen LogP contribution in [0, 0.1) is 6.92 Å². The molecule has 29 heavy (non-hydrogen) atoms. The van der Waals surface area contributed by atoms with E-state index in [0.29, 0.717) is 0 Å². The van der Waals surface area contributed by atoms with E-state index < -0.39 is 0 Å². The van der Waals surface area contributed by atoms with Gasteiger partial charge in [0.15, 0.2) is 12.4 Å². The number of carbonyl (C=O) groups is 1. The van der Waals surface area contributed by atoms with Crippen molar-refractivity contribution in [3.8, 4) is 17.0 Å². The van der Waals surface area contributed by atoms with Crippen LogP contribution in [0.25, 0.3) is 11.3 Å². The van der Waals surface area contributed by atoms with Crippen LogP contribution >= 0.6 is 0 Å². The summed E-state index contributed by atoms with van der Waals surface area (Å²) < 4.78 is 5.59. The molecule has 0 unspecified atom stereocenters. The van der Waals surface area contributed by atoms with Gasteiger partial charge >= 0.3 is 0 Å². The Labute approximate surface area is 170 Å². The Kier molecular flexibility index (Phi) is 5.79. The van der Waals surface area contributed by atoms with Gasteiger partial charge in [-0.25, -0.2) is 0 Å². The summed E-state index contributed by atoms with van der Waals surface area (Å²) in [6, 6.07) is 20.2. The lowest BCUT2D eigenvalue weighted by molar-refractivity contribution is -0.123. The van der Waals surface area contributed by atoms with Gasteiger partial charge in [0.05, 0.1) is 5.69 Å². The van der Waals surface area contributed by atoms with Gasteiger partial charge in [0, 0.05) is 25.2 Å². The minimum Gasteiger partial charge on any atom is -0.484 e. The number of H-pyrrole nitrogens is 1. The van der Waals surface area contributed by atoms with Crippen LogP contribution in [0.4, 0.5) is 5.82 Å². The molecule has 4 rings (SSSR count). The van der Waals surface area contributed by atoms with Crippen LogP contribution in [0.15, 0.2) is 60.7 Å². The topological polar surface area (TPSA) is 70.2 Å². The number of amides is 1. The third kappa shape index (κ3) is 4.96. The molecule has 1 aliphatic heterocycles. The van der Waals surface area contributed by atoms with E-state index in [1.165, 1.54) is 0 Å². The molecule has 2 aromatic carbocycles. The van der Waals surface area contributed by atoms with Crippen LogP contribution in [-0.4, -0.2) is 41.8 Å². The van der Waals surface area contributed by atoms with Crippen molar-refractivity contribution in [1.82, 2.24) is 15.5 Å². The van der Waals surface area contributed by atoms with E-state index in [2.05, 4.69) is 38.6 Å². The summed E-state index contributed by atoms with van der Waals surface area (Å²) in [5, 5.41) is 10.7. The summed E-state index contributed by atoms with van der Waals surface area (Å²) in [6.45, 7) is 3.78. The van der Waals surface area contributed by atoms with Crippen LogP contribution in [0.3, 0.4) is 0 Å². The lowest BCUT2D eigenvalue weighted by atomic mass is 10.0. The number of anilines is 1. The highest BCUT2D eigenvalue weighted by atomic mass is 16.5. The van der Waals surface area contributed by atoms with Crippen molar-refractivity contribution in [2.75, 3.05) is 24.6 Å². The molecule has 0 saturated carbocycles. The van der Waals surface area contributed by atoms with Crippen molar-refractivity contribution in [3.63, 3.8) is 0 Å². The molecule has 150 valence electrons. The highest BCUT2D eigenvalue weighted by molar-refractivity contribution is 5.77. The number of aromatic amines is 1. The van der Waals surface area contributed by atoms with Gasteiger partial charge in [0.1, 0.15) is 5.75 Å². The van der Waals surface area contributed by atoms with Gasteiger partial charge in [-0.1, -0.05) is 42.5 Å². The predicted molar refractivity (Wildman–Crippen MR) is 114 cm³/mol. The molecule has 2 heterocycles. The molecule has 0 atom stereocenters.